The van der Waals surface area contributed by atoms with Crippen LogP contribution in [-0.4, -0.2) is 66.7 Å². The lowest BCUT2D eigenvalue weighted by atomic mass is 10.0. The van der Waals surface area contributed by atoms with Gasteiger partial charge in [0.15, 0.2) is 9.84 Å². The minimum atomic E-state index is -4.01. The fraction of sp³-hybridized carbons (Fsp3) is 0.407. The van der Waals surface area contributed by atoms with Crippen LogP contribution in [0.1, 0.15) is 38.8 Å². The van der Waals surface area contributed by atoms with Crippen LogP contribution in [-0.2, 0) is 40.5 Å². The van der Waals surface area contributed by atoms with E-state index < -0.39 is 50.3 Å². The van der Waals surface area contributed by atoms with Crippen molar-refractivity contribution < 1.29 is 27.6 Å². The van der Waals surface area contributed by atoms with Crippen molar-refractivity contribution in [3.05, 3.63) is 71.8 Å². The maximum atomic E-state index is 13.5. The van der Waals surface area contributed by atoms with Gasteiger partial charge in [-0.3, -0.25) is 24.6 Å². The van der Waals surface area contributed by atoms with Gasteiger partial charge >= 0.3 is 0 Å². The van der Waals surface area contributed by atoms with Crippen molar-refractivity contribution in [3.63, 3.8) is 0 Å². The van der Waals surface area contributed by atoms with E-state index in [9.17, 15) is 27.6 Å². The third kappa shape index (κ3) is 8.82. The highest BCUT2D eigenvalue weighted by molar-refractivity contribution is 7.98. The van der Waals surface area contributed by atoms with Gasteiger partial charge in [-0.05, 0) is 25.0 Å². The molecule has 0 saturated carbocycles. The van der Waals surface area contributed by atoms with Gasteiger partial charge in [0.25, 0.3) is 5.91 Å². The molecular weight excluding hydrogens is 540 g/mol. The highest BCUT2D eigenvalue weighted by Gasteiger charge is 2.47. The lowest BCUT2D eigenvalue weighted by molar-refractivity contribution is -0.148. The zero-order valence-corrected chi connectivity index (χ0v) is 24.4. The second kappa shape index (κ2) is 14.1. The fourth-order valence-electron chi connectivity index (χ4n) is 3.77. The SMILES string of the molecule is CNC(=O)C(CSCc1ccccc1)N(NC(=O)C(NC(C)=O)C(C)(C)S(=O)(=O)Cc1ccccc1)C(C)=O. The number of carbonyl (C=O) groups is 4. The Morgan fingerprint density at radius 1 is 0.897 bits per heavy atom. The van der Waals surface area contributed by atoms with E-state index in [0.717, 1.165) is 17.5 Å². The van der Waals surface area contributed by atoms with Crippen LogP contribution in [0.25, 0.3) is 0 Å². The number of carbonyl (C=O) groups excluding carboxylic acids is 4. The van der Waals surface area contributed by atoms with Gasteiger partial charge in [0.2, 0.25) is 17.7 Å². The van der Waals surface area contributed by atoms with E-state index in [1.807, 2.05) is 30.3 Å². The van der Waals surface area contributed by atoms with Crippen molar-refractivity contribution in [3.8, 4) is 0 Å². The molecule has 2 aromatic carbocycles. The molecule has 39 heavy (non-hydrogen) atoms. The van der Waals surface area contributed by atoms with Crippen LogP contribution in [0.4, 0.5) is 0 Å². The summed E-state index contributed by atoms with van der Waals surface area (Å²) in [6, 6.07) is 15.4. The van der Waals surface area contributed by atoms with E-state index in [4.69, 9.17) is 0 Å². The average Bonchev–Trinajstić information content (AvgIpc) is 2.88. The molecule has 2 atom stereocenters. The highest BCUT2D eigenvalue weighted by Crippen LogP contribution is 2.26. The van der Waals surface area contributed by atoms with E-state index in [2.05, 4.69) is 16.1 Å². The van der Waals surface area contributed by atoms with Crippen LogP contribution < -0.4 is 16.1 Å². The number of thioether (sulfide) groups is 1. The zero-order chi connectivity index (χ0) is 29.2. The summed E-state index contributed by atoms with van der Waals surface area (Å²) in [5.41, 5.74) is 3.96. The smallest absolute Gasteiger partial charge is 0.262 e. The molecule has 0 aromatic heterocycles. The topological polar surface area (TPSA) is 142 Å². The number of hydrogen-bond donors (Lipinski definition) is 3. The molecule has 12 heteroatoms. The molecule has 0 aliphatic carbocycles. The van der Waals surface area contributed by atoms with Gasteiger partial charge in [-0.1, -0.05) is 60.7 Å². The first kappa shape index (κ1) is 31.8. The first-order valence-electron chi connectivity index (χ1n) is 12.3. The Morgan fingerprint density at radius 3 is 1.92 bits per heavy atom. The van der Waals surface area contributed by atoms with Gasteiger partial charge in [0.1, 0.15) is 12.1 Å². The van der Waals surface area contributed by atoms with E-state index in [-0.39, 0.29) is 11.5 Å². The lowest BCUT2D eigenvalue weighted by Gasteiger charge is -2.36. The maximum absolute atomic E-state index is 13.5. The molecule has 2 aromatic rings. The van der Waals surface area contributed by atoms with Gasteiger partial charge in [-0.15, -0.1) is 0 Å². The number of hydrogen-bond acceptors (Lipinski definition) is 7. The fourth-order valence-corrected chi connectivity index (χ4v) is 6.37. The summed E-state index contributed by atoms with van der Waals surface area (Å²) in [4.78, 5) is 50.9. The molecule has 0 heterocycles. The van der Waals surface area contributed by atoms with Gasteiger partial charge in [0.05, 0.1) is 10.5 Å². The van der Waals surface area contributed by atoms with E-state index >= 15 is 0 Å². The summed E-state index contributed by atoms with van der Waals surface area (Å²) in [5, 5.41) is 5.81. The van der Waals surface area contributed by atoms with Crippen molar-refractivity contribution in [2.45, 2.75) is 56.0 Å². The molecule has 2 unspecified atom stereocenters. The Bertz CT molecular complexity index is 1250. The van der Waals surface area contributed by atoms with Crippen molar-refractivity contribution >= 4 is 45.2 Å². The Labute approximate surface area is 234 Å². The molecule has 212 valence electrons. The summed E-state index contributed by atoms with van der Waals surface area (Å²) in [6.45, 7) is 5.03. The van der Waals surface area contributed by atoms with Gasteiger partial charge < -0.3 is 10.6 Å². The van der Waals surface area contributed by atoms with Crippen LogP contribution in [0, 0.1) is 0 Å². The second-order valence-electron chi connectivity index (χ2n) is 9.48. The Hall–Kier alpha value is -3.38. The van der Waals surface area contributed by atoms with Crippen LogP contribution in [0.5, 0.6) is 0 Å². The number of rotatable bonds is 12. The summed E-state index contributed by atoms with van der Waals surface area (Å²) >= 11 is 1.39. The summed E-state index contributed by atoms with van der Waals surface area (Å²) < 4.78 is 25.1. The number of hydrazine groups is 1. The third-order valence-corrected chi connectivity index (χ3v) is 9.77. The van der Waals surface area contributed by atoms with Crippen LogP contribution in [0.2, 0.25) is 0 Å². The molecule has 0 aliphatic rings. The molecule has 0 saturated heterocycles. The number of sulfone groups is 1. The van der Waals surface area contributed by atoms with Crippen LogP contribution >= 0.6 is 11.8 Å². The predicted molar refractivity (Wildman–Crippen MR) is 152 cm³/mol. The summed E-state index contributed by atoms with van der Waals surface area (Å²) in [5.74, 6) is -2.38. The Balaban J connectivity index is 2.32. The number of nitrogens with one attached hydrogen (secondary N) is 3. The molecule has 2 rings (SSSR count). The van der Waals surface area contributed by atoms with Gasteiger partial charge in [-0.2, -0.15) is 11.8 Å². The molecule has 0 fully saturated rings. The minimum absolute atomic E-state index is 0.148. The summed E-state index contributed by atoms with van der Waals surface area (Å²) in [6.07, 6.45) is 0. The van der Waals surface area contributed by atoms with E-state index in [1.165, 1.54) is 39.6 Å². The Morgan fingerprint density at radius 2 is 1.44 bits per heavy atom. The van der Waals surface area contributed by atoms with Crippen molar-refractivity contribution in [2.24, 2.45) is 0 Å². The monoisotopic (exact) mass is 576 g/mol. The average molecular weight is 577 g/mol. The van der Waals surface area contributed by atoms with E-state index in [0.29, 0.717) is 11.3 Å². The molecule has 0 radical (unpaired) electrons. The number of benzene rings is 2. The first-order valence-corrected chi connectivity index (χ1v) is 15.1. The van der Waals surface area contributed by atoms with Crippen LogP contribution in [0.15, 0.2) is 60.7 Å². The molecule has 10 nitrogen and oxygen atoms in total. The first-order chi connectivity index (χ1) is 18.3. The van der Waals surface area contributed by atoms with Crippen LogP contribution in [0.3, 0.4) is 0 Å². The predicted octanol–water partition coefficient (Wildman–Crippen LogP) is 1.81. The molecule has 3 N–H and O–H groups in total. The number of nitrogens with zero attached hydrogens (tertiary/aromatic N) is 1. The normalized spacial score (nSPS) is 13.1. The van der Waals surface area contributed by atoms with Crippen molar-refractivity contribution in [1.29, 1.82) is 0 Å². The quantitative estimate of drug-likeness (QED) is 0.327. The zero-order valence-electron chi connectivity index (χ0n) is 22.8. The largest absolute Gasteiger partial charge is 0.357 e. The second-order valence-corrected chi connectivity index (χ2v) is 13.1. The van der Waals surface area contributed by atoms with E-state index in [1.54, 1.807) is 30.3 Å². The van der Waals surface area contributed by atoms with Crippen molar-refractivity contribution in [1.82, 2.24) is 21.1 Å². The maximum Gasteiger partial charge on any atom is 0.262 e. The molecule has 4 amide bonds. The summed E-state index contributed by atoms with van der Waals surface area (Å²) in [7, 11) is -2.59. The standard InChI is InChI=1S/C27H36N4O6S2/c1-19(32)29-24(27(3,4)39(36,37)18-22-14-10-7-11-15-22)26(35)30-31(20(2)33)23(25(34)28-5)17-38-16-21-12-8-6-9-13-21/h6-15,23-24H,16-18H2,1-5H3,(H,28,34)(H,29,32)(H,30,35). The van der Waals surface area contributed by atoms with Gasteiger partial charge in [-0.25, -0.2) is 13.4 Å². The molecule has 0 aliphatic heterocycles. The third-order valence-electron chi connectivity index (χ3n) is 6.12. The minimum Gasteiger partial charge on any atom is -0.357 e. The Kier molecular flexibility index (Phi) is 11.5. The molecule has 0 bridgehead atoms. The highest BCUT2D eigenvalue weighted by atomic mass is 32.2. The van der Waals surface area contributed by atoms with Gasteiger partial charge in [0, 0.05) is 32.4 Å². The van der Waals surface area contributed by atoms with Crippen molar-refractivity contribution in [2.75, 3.05) is 12.8 Å². The number of likely N-dealkylation sites (N-methyl/N-ethyl adjacent to an activating group) is 1. The molecular formula is C27H36N4O6S2. The lowest BCUT2D eigenvalue weighted by Crippen LogP contribution is -2.65. The number of amides is 4. The molecule has 0 spiro atoms.